The zero-order valence-corrected chi connectivity index (χ0v) is 23.1. The zero-order chi connectivity index (χ0) is 27.7. The van der Waals surface area contributed by atoms with Crippen molar-refractivity contribution in [3.8, 4) is 0 Å². The molecule has 0 spiro atoms. The van der Waals surface area contributed by atoms with Crippen LogP contribution in [0, 0.1) is 5.92 Å². The minimum absolute atomic E-state index is 0.0471. The van der Waals surface area contributed by atoms with Crippen molar-refractivity contribution in [3.63, 3.8) is 0 Å². The maximum atomic E-state index is 14.1. The zero-order valence-electron chi connectivity index (χ0n) is 22.3. The van der Waals surface area contributed by atoms with Gasteiger partial charge in [0.2, 0.25) is 0 Å². The summed E-state index contributed by atoms with van der Waals surface area (Å²) in [6, 6.07) is 10.9. The van der Waals surface area contributed by atoms with Crippen LogP contribution in [0.5, 0.6) is 0 Å². The molecular formula is C28H36ClN5O4. The summed E-state index contributed by atoms with van der Waals surface area (Å²) >= 11 is 6.08. The Kier molecular flexibility index (Phi) is 7.99. The third kappa shape index (κ3) is 5.63. The van der Waals surface area contributed by atoms with Crippen molar-refractivity contribution < 1.29 is 19.5 Å². The average Bonchev–Trinajstić information content (AvgIpc) is 3.33. The van der Waals surface area contributed by atoms with E-state index in [0.29, 0.717) is 43.1 Å². The molecule has 204 valence electrons. The highest BCUT2D eigenvalue weighted by Gasteiger charge is 2.56. The number of likely N-dealkylation sites (N-methyl/N-ethyl adjacent to an activating group) is 1. The van der Waals surface area contributed by atoms with E-state index in [0.717, 1.165) is 11.4 Å². The Balaban J connectivity index is 1.49. The molecule has 38 heavy (non-hydrogen) atoms. The van der Waals surface area contributed by atoms with Gasteiger partial charge in [-0.05, 0) is 63.4 Å². The molecular weight excluding hydrogens is 506 g/mol. The monoisotopic (exact) mass is 541 g/mol. The highest BCUT2D eigenvalue weighted by atomic mass is 35.5. The number of rotatable bonds is 6. The van der Waals surface area contributed by atoms with Crippen LogP contribution in [0.25, 0.3) is 0 Å². The average molecular weight is 542 g/mol. The van der Waals surface area contributed by atoms with E-state index in [1.165, 1.54) is 11.9 Å². The molecule has 1 aromatic carbocycles. The molecule has 2 aliphatic heterocycles. The minimum Gasteiger partial charge on any atom is -0.465 e. The summed E-state index contributed by atoms with van der Waals surface area (Å²) in [5.74, 6) is -0.0649. The number of aromatic nitrogens is 1. The van der Waals surface area contributed by atoms with Gasteiger partial charge in [-0.15, -0.1) is 0 Å². The second-order valence-corrected chi connectivity index (χ2v) is 11.7. The van der Waals surface area contributed by atoms with Gasteiger partial charge in [-0.2, -0.15) is 0 Å². The van der Waals surface area contributed by atoms with Crippen molar-refractivity contribution in [2.75, 3.05) is 38.1 Å². The quantitative estimate of drug-likeness (QED) is 0.509. The highest BCUT2D eigenvalue weighted by Crippen LogP contribution is 2.41. The van der Waals surface area contributed by atoms with E-state index >= 15 is 0 Å². The molecule has 9 nitrogen and oxygen atoms in total. The number of nitrogens with one attached hydrogen (secondary N) is 2. The SMILES string of the molecule is CN(C(=O)O)[C@]1(C(=O)C2CCN(c3ccc(C(=O)NC(C)(C)C)cn3)CC2)CNC[C@H]1c1ccc(Cl)cc1. The smallest absolute Gasteiger partial charge is 0.407 e. The van der Waals surface area contributed by atoms with E-state index in [2.05, 4.69) is 20.5 Å². The first-order chi connectivity index (χ1) is 17.9. The number of piperidine rings is 1. The second kappa shape index (κ2) is 10.9. The number of hydrogen-bond acceptors (Lipinski definition) is 6. The predicted molar refractivity (Wildman–Crippen MR) is 147 cm³/mol. The largest absolute Gasteiger partial charge is 0.465 e. The molecule has 3 N–H and O–H groups in total. The van der Waals surface area contributed by atoms with Gasteiger partial charge in [0, 0.05) is 61.8 Å². The van der Waals surface area contributed by atoms with Crippen LogP contribution in [0.1, 0.15) is 55.5 Å². The number of pyridine rings is 1. The molecule has 2 saturated heterocycles. The number of carbonyl (C=O) groups excluding carboxylic acids is 2. The first kappa shape index (κ1) is 27.9. The summed E-state index contributed by atoms with van der Waals surface area (Å²) in [4.78, 5) is 46.5. The number of nitrogens with zero attached hydrogens (tertiary/aromatic N) is 3. The lowest BCUT2D eigenvalue weighted by Gasteiger charge is -2.43. The Bertz CT molecular complexity index is 1170. The van der Waals surface area contributed by atoms with Crippen LogP contribution >= 0.6 is 11.6 Å². The van der Waals surface area contributed by atoms with Crippen LogP contribution in [-0.2, 0) is 4.79 Å². The Hall–Kier alpha value is -3.17. The number of ketones is 1. The fourth-order valence-electron chi connectivity index (χ4n) is 5.58. The number of carboxylic acid groups (broad SMARTS) is 1. The number of carbonyl (C=O) groups is 3. The van der Waals surface area contributed by atoms with Crippen molar-refractivity contribution in [2.45, 2.75) is 50.6 Å². The summed E-state index contributed by atoms with van der Waals surface area (Å²) in [6.07, 6.45) is 1.63. The van der Waals surface area contributed by atoms with Crippen molar-refractivity contribution >= 4 is 35.2 Å². The van der Waals surface area contributed by atoms with Crippen LogP contribution in [-0.4, -0.2) is 77.1 Å². The van der Waals surface area contributed by atoms with Gasteiger partial charge in [0.25, 0.3) is 5.91 Å². The number of benzene rings is 1. The number of halogens is 1. The van der Waals surface area contributed by atoms with Crippen molar-refractivity contribution in [3.05, 3.63) is 58.7 Å². The molecule has 0 saturated carbocycles. The van der Waals surface area contributed by atoms with Crippen LogP contribution in [0.15, 0.2) is 42.6 Å². The number of anilines is 1. The molecule has 0 bridgehead atoms. The molecule has 0 aliphatic carbocycles. The number of Topliss-reactive ketones (excluding diaryl/α,β-unsaturated/α-hetero) is 1. The molecule has 0 unspecified atom stereocenters. The van der Waals surface area contributed by atoms with Crippen LogP contribution in [0.4, 0.5) is 10.6 Å². The lowest BCUT2D eigenvalue weighted by molar-refractivity contribution is -0.134. The van der Waals surface area contributed by atoms with Gasteiger partial charge in [-0.1, -0.05) is 23.7 Å². The van der Waals surface area contributed by atoms with Gasteiger partial charge in [-0.25, -0.2) is 9.78 Å². The maximum Gasteiger partial charge on any atom is 0.407 e. The van der Waals surface area contributed by atoms with Gasteiger partial charge in [-0.3, -0.25) is 14.5 Å². The van der Waals surface area contributed by atoms with Crippen LogP contribution in [0.2, 0.25) is 5.02 Å². The standard InChI is InChI=1S/C28H36ClN5O4/c1-27(2,3)32-25(36)20-7-10-23(31-15-20)34-13-11-19(12-14-34)24(35)28(33(4)26(37)38)17-30-16-22(28)18-5-8-21(29)9-6-18/h5-10,15,19,22,30H,11-14,16-17H2,1-4H3,(H,32,36)(H,37,38)/t22-,28+/m0/s1. The van der Waals surface area contributed by atoms with Gasteiger partial charge in [0.15, 0.2) is 5.78 Å². The second-order valence-electron chi connectivity index (χ2n) is 11.2. The summed E-state index contributed by atoms with van der Waals surface area (Å²) < 4.78 is 0. The lowest BCUT2D eigenvalue weighted by atomic mass is 9.72. The van der Waals surface area contributed by atoms with Gasteiger partial charge in [0.1, 0.15) is 11.4 Å². The highest BCUT2D eigenvalue weighted by molar-refractivity contribution is 6.30. The van der Waals surface area contributed by atoms with E-state index in [4.69, 9.17) is 11.6 Å². The van der Waals surface area contributed by atoms with Crippen LogP contribution in [0.3, 0.4) is 0 Å². The van der Waals surface area contributed by atoms with E-state index in [1.807, 2.05) is 39.0 Å². The summed E-state index contributed by atoms with van der Waals surface area (Å²) in [5, 5.41) is 16.8. The van der Waals surface area contributed by atoms with Gasteiger partial charge >= 0.3 is 6.09 Å². The van der Waals surface area contributed by atoms with Crippen molar-refractivity contribution in [1.82, 2.24) is 20.5 Å². The van der Waals surface area contributed by atoms with E-state index in [-0.39, 0.29) is 35.6 Å². The molecule has 2 amide bonds. The lowest BCUT2D eigenvalue weighted by Crippen LogP contribution is -2.61. The van der Waals surface area contributed by atoms with Crippen LogP contribution < -0.4 is 15.5 Å². The first-order valence-corrected chi connectivity index (χ1v) is 13.3. The predicted octanol–water partition coefficient (Wildman–Crippen LogP) is 3.78. The Labute approximate surface area is 228 Å². The fourth-order valence-corrected chi connectivity index (χ4v) is 5.71. The molecule has 2 fully saturated rings. The maximum absolute atomic E-state index is 14.1. The summed E-state index contributed by atoms with van der Waals surface area (Å²) in [6.45, 7) is 7.78. The summed E-state index contributed by atoms with van der Waals surface area (Å²) in [7, 11) is 1.49. The fraction of sp³-hybridized carbons (Fsp3) is 0.500. The molecule has 10 heteroatoms. The Morgan fingerprint density at radius 2 is 1.79 bits per heavy atom. The molecule has 2 aliphatic rings. The van der Waals surface area contributed by atoms with E-state index in [9.17, 15) is 19.5 Å². The molecule has 4 rings (SSSR count). The molecule has 0 radical (unpaired) electrons. The topological polar surface area (TPSA) is 115 Å². The first-order valence-electron chi connectivity index (χ1n) is 12.9. The van der Waals surface area contributed by atoms with E-state index in [1.54, 1.807) is 24.4 Å². The minimum atomic E-state index is -1.20. The van der Waals surface area contributed by atoms with Gasteiger partial charge in [0.05, 0.1) is 5.56 Å². The van der Waals surface area contributed by atoms with Gasteiger partial charge < -0.3 is 20.6 Å². The van der Waals surface area contributed by atoms with Crippen molar-refractivity contribution in [2.24, 2.45) is 5.92 Å². The molecule has 2 atom stereocenters. The summed E-state index contributed by atoms with van der Waals surface area (Å²) in [5.41, 5.74) is -0.155. The Morgan fingerprint density at radius 3 is 2.34 bits per heavy atom. The molecule has 3 heterocycles. The third-order valence-corrected chi connectivity index (χ3v) is 7.84. The Morgan fingerprint density at radius 1 is 1.13 bits per heavy atom. The normalized spacial score (nSPS) is 22.2. The molecule has 2 aromatic rings. The van der Waals surface area contributed by atoms with E-state index < -0.39 is 11.6 Å². The number of amides is 2. The molecule has 1 aromatic heterocycles. The van der Waals surface area contributed by atoms with Crippen molar-refractivity contribution in [1.29, 1.82) is 0 Å². The number of hydrogen-bond donors (Lipinski definition) is 3. The third-order valence-electron chi connectivity index (χ3n) is 7.59.